The van der Waals surface area contributed by atoms with Crippen LogP contribution in [0.15, 0.2) is 0 Å². The van der Waals surface area contributed by atoms with E-state index in [1.807, 2.05) is 0 Å². The first kappa shape index (κ1) is 6.14. The quantitative estimate of drug-likeness (QED) is 0.447. The molecule has 0 aliphatic carbocycles. The van der Waals surface area contributed by atoms with Gasteiger partial charge in [-0.05, 0) is 28.2 Å². The molecule has 0 saturated carbocycles. The van der Waals surface area contributed by atoms with E-state index in [1.165, 1.54) is 6.42 Å². The van der Waals surface area contributed by atoms with Gasteiger partial charge in [-0.2, -0.15) is 0 Å². The molecular formula is C6H12OS. The second-order valence-electron chi connectivity index (χ2n) is 2.43. The predicted molar refractivity (Wildman–Crippen MR) is 38.8 cm³/mol. The Bertz CT molecular complexity index is 143. The molecule has 0 unspecified atom stereocenters. The van der Waals surface area contributed by atoms with Gasteiger partial charge in [0.1, 0.15) is 0 Å². The molecule has 0 aromatic heterocycles. The van der Waals surface area contributed by atoms with Crippen molar-refractivity contribution < 1.29 is 4.21 Å². The Hall–Kier alpha value is 0.0200. The second-order valence-corrected chi connectivity index (χ2v) is 5.18. The molecule has 0 spiro atoms. The largest absolute Gasteiger partial charge is 0.268 e. The highest BCUT2D eigenvalue weighted by molar-refractivity contribution is 8.00. The van der Waals surface area contributed by atoms with Gasteiger partial charge in [-0.25, -0.2) is 0 Å². The van der Waals surface area contributed by atoms with E-state index in [2.05, 4.69) is 5.87 Å². The highest BCUT2D eigenvalue weighted by Crippen LogP contribution is 2.09. The lowest BCUT2D eigenvalue weighted by Gasteiger charge is -2.13. The minimum Gasteiger partial charge on any atom is -0.268 e. The second kappa shape index (κ2) is 2.09. The molecule has 0 bridgehead atoms. The summed E-state index contributed by atoms with van der Waals surface area (Å²) in [6.45, 7) is 0. The summed E-state index contributed by atoms with van der Waals surface area (Å²) in [5.41, 5.74) is 0. The Morgan fingerprint density at radius 1 is 1.12 bits per heavy atom. The van der Waals surface area contributed by atoms with Crippen LogP contribution in [-0.4, -0.2) is 21.6 Å². The van der Waals surface area contributed by atoms with Crippen LogP contribution in [0.3, 0.4) is 0 Å². The van der Waals surface area contributed by atoms with Gasteiger partial charge in [0.05, 0.1) is 0 Å². The fourth-order valence-corrected chi connectivity index (χ4v) is 2.67. The molecule has 1 fully saturated rings. The summed E-state index contributed by atoms with van der Waals surface area (Å²) in [7, 11) is -1.58. The lowest BCUT2D eigenvalue weighted by molar-refractivity contribution is 0.655. The van der Waals surface area contributed by atoms with E-state index in [1.54, 1.807) is 0 Å². The Kier molecular flexibility index (Phi) is 1.61. The molecule has 1 aliphatic rings. The van der Waals surface area contributed by atoms with Crippen LogP contribution in [0.4, 0.5) is 0 Å². The lowest BCUT2D eigenvalue weighted by atomic mass is 10.3. The summed E-state index contributed by atoms with van der Waals surface area (Å²) in [4.78, 5) is 0. The maximum Gasteiger partial charge on any atom is 0.0158 e. The first-order chi connectivity index (χ1) is 3.71. The predicted octanol–water partition coefficient (Wildman–Crippen LogP) is 0.887. The Balaban J connectivity index is 2.58. The highest BCUT2D eigenvalue weighted by atomic mass is 32.2. The normalized spacial score (nSPS) is 27.5. The van der Waals surface area contributed by atoms with Gasteiger partial charge in [0.25, 0.3) is 0 Å². The van der Waals surface area contributed by atoms with Crippen molar-refractivity contribution in [2.45, 2.75) is 19.3 Å². The average Bonchev–Trinajstić information content (AvgIpc) is 1.65. The van der Waals surface area contributed by atoms with Gasteiger partial charge in [-0.15, -0.1) is 0 Å². The zero-order valence-corrected chi connectivity index (χ0v) is 5.88. The summed E-state index contributed by atoms with van der Waals surface area (Å²) in [5.74, 6) is 5.39. The van der Waals surface area contributed by atoms with Crippen molar-refractivity contribution in [2.24, 2.45) is 0 Å². The van der Waals surface area contributed by atoms with Crippen molar-refractivity contribution >= 4 is 15.4 Å². The van der Waals surface area contributed by atoms with Crippen LogP contribution in [0.25, 0.3) is 0 Å². The van der Waals surface area contributed by atoms with Crippen molar-refractivity contribution in [1.82, 2.24) is 0 Å². The van der Waals surface area contributed by atoms with Gasteiger partial charge in [-0.1, -0.05) is 6.42 Å². The molecule has 2 heteroatoms. The molecule has 0 atom stereocenters. The summed E-state index contributed by atoms with van der Waals surface area (Å²) < 4.78 is 11.1. The number of hydrogen-bond acceptors (Lipinski definition) is 1. The first-order valence-corrected chi connectivity index (χ1v) is 5.10. The molecule has 48 valence electrons. The zero-order valence-electron chi connectivity index (χ0n) is 5.06. The fourth-order valence-electron chi connectivity index (χ4n) is 1.01. The number of hydrogen-bond donors (Lipinski definition) is 0. The minimum atomic E-state index is -1.58. The van der Waals surface area contributed by atoms with Crippen molar-refractivity contribution in [3.63, 3.8) is 0 Å². The molecule has 1 aliphatic heterocycles. The van der Waals surface area contributed by atoms with E-state index in [-0.39, 0.29) is 0 Å². The van der Waals surface area contributed by atoms with Crippen molar-refractivity contribution in [3.8, 4) is 0 Å². The van der Waals surface area contributed by atoms with E-state index >= 15 is 0 Å². The molecular weight excluding hydrogens is 120 g/mol. The van der Waals surface area contributed by atoms with Crippen LogP contribution < -0.4 is 0 Å². The van der Waals surface area contributed by atoms with Crippen molar-refractivity contribution in [3.05, 3.63) is 0 Å². The van der Waals surface area contributed by atoms with Gasteiger partial charge in [0.2, 0.25) is 0 Å². The van der Waals surface area contributed by atoms with E-state index in [4.69, 9.17) is 0 Å². The molecule has 0 aromatic carbocycles. The van der Waals surface area contributed by atoms with Crippen LogP contribution >= 0.6 is 0 Å². The fraction of sp³-hybridized carbons (Fsp3) is 0.833. The highest BCUT2D eigenvalue weighted by Gasteiger charge is 2.08. The van der Waals surface area contributed by atoms with Crippen LogP contribution in [-0.2, 0) is 9.52 Å². The molecule has 0 radical (unpaired) electrons. The third kappa shape index (κ3) is 1.51. The monoisotopic (exact) mass is 132 g/mol. The van der Waals surface area contributed by atoms with Gasteiger partial charge in [0.15, 0.2) is 0 Å². The zero-order chi connectivity index (χ0) is 6.04. The SMILES string of the molecule is C=S1(=O)CCCCC1. The third-order valence-electron chi connectivity index (χ3n) is 1.53. The van der Waals surface area contributed by atoms with E-state index in [9.17, 15) is 4.21 Å². The first-order valence-electron chi connectivity index (χ1n) is 3.03. The van der Waals surface area contributed by atoms with Gasteiger partial charge in [0, 0.05) is 11.5 Å². The maximum absolute atomic E-state index is 11.1. The molecule has 1 saturated heterocycles. The summed E-state index contributed by atoms with van der Waals surface area (Å²) in [6, 6.07) is 0. The van der Waals surface area contributed by atoms with E-state index in [0.29, 0.717) is 0 Å². The summed E-state index contributed by atoms with van der Waals surface area (Å²) >= 11 is 0. The molecule has 8 heavy (non-hydrogen) atoms. The van der Waals surface area contributed by atoms with Gasteiger partial charge in [-0.3, -0.25) is 4.21 Å². The average molecular weight is 132 g/mol. The van der Waals surface area contributed by atoms with Crippen molar-refractivity contribution in [1.29, 1.82) is 0 Å². The van der Waals surface area contributed by atoms with E-state index in [0.717, 1.165) is 24.3 Å². The third-order valence-corrected chi connectivity index (χ3v) is 3.60. The summed E-state index contributed by atoms with van der Waals surface area (Å²) in [5, 5.41) is 0. The van der Waals surface area contributed by atoms with E-state index < -0.39 is 9.52 Å². The van der Waals surface area contributed by atoms with Crippen molar-refractivity contribution in [2.75, 3.05) is 11.5 Å². The Morgan fingerprint density at radius 2 is 1.62 bits per heavy atom. The molecule has 0 N–H and O–H groups in total. The molecule has 1 heterocycles. The van der Waals surface area contributed by atoms with Crippen LogP contribution in [0.1, 0.15) is 19.3 Å². The molecule has 0 amide bonds. The van der Waals surface area contributed by atoms with Crippen LogP contribution in [0.5, 0.6) is 0 Å². The molecule has 1 rings (SSSR count). The standard InChI is InChI=1S/C6H12OS/c1-8(7)5-3-2-4-6-8/h1-6H2. The Labute approximate surface area is 51.1 Å². The van der Waals surface area contributed by atoms with Gasteiger partial charge < -0.3 is 0 Å². The molecule has 0 aromatic rings. The van der Waals surface area contributed by atoms with Crippen LogP contribution in [0, 0.1) is 0 Å². The minimum absolute atomic E-state index is 0.868. The molecule has 1 nitrogen and oxygen atoms in total. The summed E-state index contributed by atoms with van der Waals surface area (Å²) in [6.07, 6.45) is 3.51. The van der Waals surface area contributed by atoms with Gasteiger partial charge >= 0.3 is 0 Å². The number of rotatable bonds is 0. The Morgan fingerprint density at radius 3 is 1.88 bits per heavy atom. The lowest BCUT2D eigenvalue weighted by Crippen LogP contribution is -2.15. The van der Waals surface area contributed by atoms with Crippen LogP contribution in [0.2, 0.25) is 0 Å². The smallest absolute Gasteiger partial charge is 0.0158 e. The maximum atomic E-state index is 11.1. The topological polar surface area (TPSA) is 17.1 Å².